The summed E-state index contributed by atoms with van der Waals surface area (Å²) in [4.78, 5) is 10.8. The third kappa shape index (κ3) is 1.91. The van der Waals surface area contributed by atoms with Gasteiger partial charge in [-0.1, -0.05) is 0 Å². The third-order valence-corrected chi connectivity index (χ3v) is 3.01. The molecule has 1 unspecified atom stereocenters. The lowest BCUT2D eigenvalue weighted by Gasteiger charge is -2.22. The fraction of sp³-hybridized carbons (Fsp3) is 0.857. The Hall–Kier alpha value is -0.260. The van der Waals surface area contributed by atoms with Crippen LogP contribution in [0.15, 0.2) is 0 Å². The minimum atomic E-state index is -1.03. The van der Waals surface area contributed by atoms with Crippen LogP contribution in [-0.4, -0.2) is 46.5 Å². The summed E-state index contributed by atoms with van der Waals surface area (Å²) >= 11 is 1.57. The Morgan fingerprint density at radius 3 is 2.83 bits per heavy atom. The Balaban J connectivity index is 2.53. The molecule has 0 aromatic carbocycles. The number of ether oxygens (including phenoxy) is 1. The molecular weight excluding hydrogens is 180 g/mol. The molecule has 0 bridgehead atoms. The number of carboxylic acid groups (broad SMARTS) is 1. The van der Waals surface area contributed by atoms with Crippen LogP contribution in [0.25, 0.3) is 0 Å². The lowest BCUT2D eigenvalue weighted by atomic mass is 10.0. The second-order valence-electron chi connectivity index (χ2n) is 2.67. The maximum absolute atomic E-state index is 10.8. The monoisotopic (exact) mass is 192 g/mol. The molecule has 1 atom stereocenters. The van der Waals surface area contributed by atoms with Gasteiger partial charge in [-0.25, -0.2) is 4.79 Å². The lowest BCUT2D eigenvalue weighted by molar-refractivity contribution is -0.163. The van der Waals surface area contributed by atoms with E-state index in [1.54, 1.807) is 11.8 Å². The number of thioether (sulfide) groups is 1. The predicted molar refractivity (Wildman–Crippen MR) is 45.3 cm³/mol. The van der Waals surface area contributed by atoms with Crippen molar-refractivity contribution in [2.45, 2.75) is 12.0 Å². The summed E-state index contributed by atoms with van der Waals surface area (Å²) < 4.78 is 5.13. The van der Waals surface area contributed by atoms with Crippen molar-refractivity contribution in [3.8, 4) is 0 Å². The van der Waals surface area contributed by atoms with Gasteiger partial charge in [0.2, 0.25) is 0 Å². The summed E-state index contributed by atoms with van der Waals surface area (Å²) in [5.41, 5.74) is -1.03. The second kappa shape index (κ2) is 4.11. The fourth-order valence-electron chi connectivity index (χ4n) is 1.13. The van der Waals surface area contributed by atoms with Gasteiger partial charge in [-0.05, 0) is 12.2 Å². The number of carbonyl (C=O) groups is 1. The predicted octanol–water partition coefficient (Wildman–Crippen LogP) is -0.0444. The van der Waals surface area contributed by atoms with Gasteiger partial charge in [-0.15, -0.1) is 0 Å². The molecule has 0 saturated carbocycles. The minimum Gasteiger partial charge on any atom is -0.479 e. The van der Waals surface area contributed by atoms with Crippen molar-refractivity contribution in [2.75, 3.05) is 24.7 Å². The van der Waals surface area contributed by atoms with Gasteiger partial charge >= 0.3 is 5.97 Å². The van der Waals surface area contributed by atoms with Crippen LogP contribution >= 0.6 is 11.8 Å². The first-order valence-corrected chi connectivity index (χ1v) is 4.93. The Labute approximate surface area is 74.9 Å². The van der Waals surface area contributed by atoms with E-state index in [2.05, 4.69) is 0 Å². The minimum absolute atomic E-state index is 0.104. The quantitative estimate of drug-likeness (QED) is 0.654. The number of aliphatic hydroxyl groups is 1. The van der Waals surface area contributed by atoms with Gasteiger partial charge in [0, 0.05) is 5.75 Å². The van der Waals surface area contributed by atoms with Crippen molar-refractivity contribution in [3.05, 3.63) is 0 Å². The van der Waals surface area contributed by atoms with Gasteiger partial charge in [0.1, 0.15) is 0 Å². The van der Waals surface area contributed by atoms with Crippen LogP contribution in [-0.2, 0) is 9.53 Å². The van der Waals surface area contributed by atoms with Gasteiger partial charge in [-0.3, -0.25) is 0 Å². The molecule has 0 spiro atoms. The first kappa shape index (κ1) is 9.83. The van der Waals surface area contributed by atoms with Crippen LogP contribution < -0.4 is 0 Å². The van der Waals surface area contributed by atoms with Crippen LogP contribution in [0.5, 0.6) is 0 Å². The normalized spacial score (nSPS) is 29.1. The molecule has 0 radical (unpaired) electrons. The number of carboxylic acids is 1. The maximum atomic E-state index is 10.8. The van der Waals surface area contributed by atoms with Crippen molar-refractivity contribution in [3.63, 3.8) is 0 Å². The molecule has 1 fully saturated rings. The average molecular weight is 192 g/mol. The molecule has 1 heterocycles. The van der Waals surface area contributed by atoms with E-state index >= 15 is 0 Å². The van der Waals surface area contributed by atoms with Crippen molar-refractivity contribution in [2.24, 2.45) is 0 Å². The van der Waals surface area contributed by atoms with Gasteiger partial charge < -0.3 is 14.9 Å². The van der Waals surface area contributed by atoms with Gasteiger partial charge in [0.05, 0.1) is 13.2 Å². The smallest absolute Gasteiger partial charge is 0.336 e. The van der Waals surface area contributed by atoms with E-state index in [9.17, 15) is 4.79 Å². The molecule has 0 aromatic rings. The Bertz CT molecular complexity index is 165. The van der Waals surface area contributed by atoms with Gasteiger partial charge in [0.15, 0.2) is 5.60 Å². The van der Waals surface area contributed by atoms with Crippen LogP contribution in [0.4, 0.5) is 0 Å². The fourth-order valence-corrected chi connectivity index (χ4v) is 2.43. The van der Waals surface area contributed by atoms with E-state index in [4.69, 9.17) is 14.9 Å². The molecule has 4 nitrogen and oxygen atoms in total. The highest BCUT2D eigenvalue weighted by Crippen LogP contribution is 2.31. The van der Waals surface area contributed by atoms with E-state index in [1.807, 2.05) is 0 Å². The van der Waals surface area contributed by atoms with E-state index in [-0.39, 0.29) is 13.2 Å². The zero-order valence-corrected chi connectivity index (χ0v) is 7.47. The largest absolute Gasteiger partial charge is 0.479 e. The van der Waals surface area contributed by atoms with E-state index in [1.165, 1.54) is 0 Å². The summed E-state index contributed by atoms with van der Waals surface area (Å²) in [6.45, 7) is -0.0213. The number of aliphatic carboxylic acids is 1. The van der Waals surface area contributed by atoms with Crippen molar-refractivity contribution in [1.29, 1.82) is 0 Å². The molecule has 5 heteroatoms. The summed E-state index contributed by atoms with van der Waals surface area (Å²) in [5, 5.41) is 17.4. The van der Waals surface area contributed by atoms with Crippen molar-refractivity contribution < 1.29 is 19.7 Å². The first-order valence-electron chi connectivity index (χ1n) is 3.77. The number of hydrogen-bond donors (Lipinski definition) is 2. The highest BCUT2D eigenvalue weighted by Gasteiger charge is 2.42. The highest BCUT2D eigenvalue weighted by molar-refractivity contribution is 7.99. The van der Waals surface area contributed by atoms with E-state index in [0.717, 1.165) is 5.75 Å². The number of rotatable bonds is 4. The Morgan fingerprint density at radius 2 is 2.42 bits per heavy atom. The average Bonchev–Trinajstić information content (AvgIpc) is 2.50. The zero-order valence-electron chi connectivity index (χ0n) is 6.65. The molecule has 2 N–H and O–H groups in total. The molecule has 0 aromatic heterocycles. The molecular formula is C7H12O4S. The van der Waals surface area contributed by atoms with Crippen molar-refractivity contribution in [1.82, 2.24) is 0 Å². The SMILES string of the molecule is O=C(O)C1(OCCO)CCSC1. The second-order valence-corrected chi connectivity index (χ2v) is 3.78. The molecule has 12 heavy (non-hydrogen) atoms. The van der Waals surface area contributed by atoms with Crippen LogP contribution in [0.2, 0.25) is 0 Å². The molecule has 1 aliphatic rings. The summed E-state index contributed by atoms with van der Waals surface area (Å²) in [5.74, 6) is 0.390. The van der Waals surface area contributed by atoms with Crippen LogP contribution in [0.1, 0.15) is 6.42 Å². The first-order chi connectivity index (χ1) is 5.71. The topological polar surface area (TPSA) is 66.8 Å². The van der Waals surface area contributed by atoms with Crippen LogP contribution in [0.3, 0.4) is 0 Å². The Morgan fingerprint density at radius 1 is 1.67 bits per heavy atom. The summed E-state index contributed by atoms with van der Waals surface area (Å²) in [6, 6.07) is 0. The molecule has 1 rings (SSSR count). The lowest BCUT2D eigenvalue weighted by Crippen LogP contribution is -2.42. The van der Waals surface area contributed by atoms with E-state index < -0.39 is 11.6 Å². The summed E-state index contributed by atoms with van der Waals surface area (Å²) in [7, 11) is 0. The van der Waals surface area contributed by atoms with Gasteiger partial charge in [-0.2, -0.15) is 11.8 Å². The van der Waals surface area contributed by atoms with E-state index in [0.29, 0.717) is 12.2 Å². The Kier molecular flexibility index (Phi) is 3.37. The highest BCUT2D eigenvalue weighted by atomic mass is 32.2. The number of hydrogen-bond acceptors (Lipinski definition) is 4. The molecule has 0 amide bonds. The number of aliphatic hydroxyl groups excluding tert-OH is 1. The van der Waals surface area contributed by atoms with Gasteiger partial charge in [0.25, 0.3) is 0 Å². The standard InChI is InChI=1S/C7H12O4S/c8-2-3-11-7(6(9)10)1-4-12-5-7/h8H,1-5H2,(H,9,10). The molecule has 70 valence electrons. The third-order valence-electron chi connectivity index (χ3n) is 1.84. The van der Waals surface area contributed by atoms with Crippen molar-refractivity contribution >= 4 is 17.7 Å². The summed E-state index contributed by atoms with van der Waals surface area (Å²) in [6.07, 6.45) is 0.535. The molecule has 1 aliphatic heterocycles. The maximum Gasteiger partial charge on any atom is 0.336 e. The van der Waals surface area contributed by atoms with Crippen LogP contribution in [0, 0.1) is 0 Å². The zero-order chi connectivity index (χ0) is 9.03. The molecule has 1 saturated heterocycles. The molecule has 0 aliphatic carbocycles.